The van der Waals surface area contributed by atoms with Crippen molar-refractivity contribution in [1.82, 2.24) is 5.32 Å². The second-order valence-electron chi connectivity index (χ2n) is 5.14. The third-order valence-corrected chi connectivity index (χ3v) is 4.47. The summed E-state index contributed by atoms with van der Waals surface area (Å²) in [6, 6.07) is 11.6. The van der Waals surface area contributed by atoms with Crippen LogP contribution in [0.5, 0.6) is 11.5 Å². The molecule has 0 aliphatic carbocycles. The summed E-state index contributed by atoms with van der Waals surface area (Å²) in [5.41, 5.74) is 0.953. The van der Waals surface area contributed by atoms with Gasteiger partial charge in [-0.1, -0.05) is 6.07 Å². The van der Waals surface area contributed by atoms with Crippen LogP contribution in [0, 0.1) is 5.82 Å². The molecule has 2 aromatic carbocycles. The zero-order valence-electron chi connectivity index (χ0n) is 12.5. The number of fused-ring (bicyclic) bond motifs is 1. The van der Waals surface area contributed by atoms with Gasteiger partial charge in [-0.15, -0.1) is 11.8 Å². The minimum atomic E-state index is -0.282. The van der Waals surface area contributed by atoms with Crippen molar-refractivity contribution >= 4 is 17.7 Å². The van der Waals surface area contributed by atoms with Gasteiger partial charge in [0.2, 0.25) is 12.7 Å². The predicted octanol–water partition coefficient (Wildman–Crippen LogP) is 3.52. The first-order chi connectivity index (χ1) is 11.1. The molecule has 0 bridgehead atoms. The van der Waals surface area contributed by atoms with E-state index < -0.39 is 0 Å². The molecule has 0 fully saturated rings. The van der Waals surface area contributed by atoms with Crippen LogP contribution in [-0.2, 0) is 4.79 Å². The van der Waals surface area contributed by atoms with Crippen molar-refractivity contribution in [2.45, 2.75) is 17.9 Å². The van der Waals surface area contributed by atoms with E-state index in [0.29, 0.717) is 5.75 Å². The molecule has 1 aliphatic heterocycles. The van der Waals surface area contributed by atoms with Gasteiger partial charge in [-0.3, -0.25) is 4.79 Å². The van der Waals surface area contributed by atoms with Crippen LogP contribution in [0.25, 0.3) is 0 Å². The van der Waals surface area contributed by atoms with Gasteiger partial charge in [0, 0.05) is 4.90 Å². The Labute approximate surface area is 138 Å². The lowest BCUT2D eigenvalue weighted by atomic mass is 10.1. The number of benzene rings is 2. The molecule has 3 rings (SSSR count). The average molecular weight is 333 g/mol. The summed E-state index contributed by atoms with van der Waals surface area (Å²) in [5, 5.41) is 2.94. The number of hydrogen-bond donors (Lipinski definition) is 1. The van der Waals surface area contributed by atoms with Crippen molar-refractivity contribution in [3.8, 4) is 11.5 Å². The first-order valence-corrected chi connectivity index (χ1v) is 8.17. The highest BCUT2D eigenvalue weighted by atomic mass is 32.2. The normalized spacial score (nSPS) is 13.7. The van der Waals surface area contributed by atoms with Crippen molar-refractivity contribution in [1.29, 1.82) is 0 Å². The molecule has 1 amide bonds. The summed E-state index contributed by atoms with van der Waals surface area (Å²) in [4.78, 5) is 12.9. The lowest BCUT2D eigenvalue weighted by Crippen LogP contribution is -2.28. The summed E-state index contributed by atoms with van der Waals surface area (Å²) in [5.74, 6) is 1.34. The highest BCUT2D eigenvalue weighted by Gasteiger charge is 2.16. The van der Waals surface area contributed by atoms with E-state index in [9.17, 15) is 9.18 Å². The first kappa shape index (κ1) is 15.7. The molecule has 0 spiro atoms. The minimum Gasteiger partial charge on any atom is -0.454 e. The van der Waals surface area contributed by atoms with Gasteiger partial charge in [-0.05, 0) is 48.9 Å². The third kappa shape index (κ3) is 3.96. The highest BCUT2D eigenvalue weighted by molar-refractivity contribution is 8.00. The SMILES string of the molecule is C[C@@H](NC(=O)CSc1ccc(F)cc1)c1ccc2c(c1)OCO2. The van der Waals surface area contributed by atoms with Gasteiger partial charge in [0.25, 0.3) is 0 Å². The lowest BCUT2D eigenvalue weighted by Gasteiger charge is -2.14. The summed E-state index contributed by atoms with van der Waals surface area (Å²) in [7, 11) is 0. The fourth-order valence-corrected chi connectivity index (χ4v) is 2.94. The van der Waals surface area contributed by atoms with E-state index in [0.717, 1.165) is 16.2 Å². The monoisotopic (exact) mass is 333 g/mol. The molecule has 0 aromatic heterocycles. The summed E-state index contributed by atoms with van der Waals surface area (Å²) >= 11 is 1.37. The van der Waals surface area contributed by atoms with Crippen molar-refractivity contribution in [2.75, 3.05) is 12.5 Å². The summed E-state index contributed by atoms with van der Waals surface area (Å²) in [6.07, 6.45) is 0. The molecule has 0 saturated carbocycles. The fraction of sp³-hybridized carbons (Fsp3) is 0.235. The third-order valence-electron chi connectivity index (χ3n) is 3.46. The number of carbonyl (C=O) groups excluding carboxylic acids is 1. The summed E-state index contributed by atoms with van der Waals surface area (Å²) in [6.45, 7) is 2.14. The van der Waals surface area contributed by atoms with E-state index in [1.807, 2.05) is 25.1 Å². The minimum absolute atomic E-state index is 0.0792. The standard InChI is InChI=1S/C17H16FNO3S/c1-11(12-2-7-15-16(8-12)22-10-21-15)19-17(20)9-23-14-5-3-13(18)4-6-14/h2-8,11H,9-10H2,1H3,(H,19,20)/t11-/m1/s1. The molecule has 120 valence electrons. The Bertz CT molecular complexity index is 705. The van der Waals surface area contributed by atoms with Gasteiger partial charge < -0.3 is 14.8 Å². The van der Waals surface area contributed by atoms with Crippen molar-refractivity contribution in [3.63, 3.8) is 0 Å². The van der Waals surface area contributed by atoms with Gasteiger partial charge in [-0.25, -0.2) is 4.39 Å². The Morgan fingerprint density at radius 3 is 2.74 bits per heavy atom. The topological polar surface area (TPSA) is 47.6 Å². The molecule has 0 saturated heterocycles. The molecule has 6 heteroatoms. The maximum Gasteiger partial charge on any atom is 0.231 e. The van der Waals surface area contributed by atoms with Crippen LogP contribution in [0.2, 0.25) is 0 Å². The average Bonchev–Trinajstić information content (AvgIpc) is 3.02. The Hall–Kier alpha value is -2.21. The smallest absolute Gasteiger partial charge is 0.231 e. The molecular weight excluding hydrogens is 317 g/mol. The van der Waals surface area contributed by atoms with Crippen molar-refractivity contribution in [2.24, 2.45) is 0 Å². The zero-order valence-corrected chi connectivity index (χ0v) is 13.4. The van der Waals surface area contributed by atoms with Crippen molar-refractivity contribution < 1.29 is 18.7 Å². The molecular formula is C17H16FNO3S. The highest BCUT2D eigenvalue weighted by Crippen LogP contribution is 2.34. The number of halogens is 1. The molecule has 23 heavy (non-hydrogen) atoms. The van der Waals surface area contributed by atoms with E-state index in [-0.39, 0.29) is 30.3 Å². The van der Waals surface area contributed by atoms with Gasteiger partial charge in [0.05, 0.1) is 11.8 Å². The number of amides is 1. The lowest BCUT2D eigenvalue weighted by molar-refractivity contribution is -0.119. The largest absolute Gasteiger partial charge is 0.454 e. The number of ether oxygens (including phenoxy) is 2. The quantitative estimate of drug-likeness (QED) is 0.851. The Kier molecular flexibility index (Phi) is 4.71. The molecule has 2 aromatic rings. The van der Waals surface area contributed by atoms with Crippen LogP contribution in [0.1, 0.15) is 18.5 Å². The van der Waals surface area contributed by atoms with Gasteiger partial charge in [0.15, 0.2) is 11.5 Å². The van der Waals surface area contributed by atoms with Crippen LogP contribution in [0.4, 0.5) is 4.39 Å². The molecule has 1 heterocycles. The zero-order chi connectivity index (χ0) is 16.2. The molecule has 1 N–H and O–H groups in total. The van der Waals surface area contributed by atoms with E-state index in [1.54, 1.807) is 12.1 Å². The van der Waals surface area contributed by atoms with Gasteiger partial charge in [0.1, 0.15) is 5.82 Å². The number of nitrogens with one attached hydrogen (secondary N) is 1. The van der Waals surface area contributed by atoms with E-state index in [2.05, 4.69) is 5.32 Å². The van der Waals surface area contributed by atoms with Crippen LogP contribution in [0.15, 0.2) is 47.4 Å². The Morgan fingerprint density at radius 1 is 1.22 bits per heavy atom. The predicted molar refractivity (Wildman–Crippen MR) is 86.2 cm³/mol. The van der Waals surface area contributed by atoms with E-state index >= 15 is 0 Å². The van der Waals surface area contributed by atoms with Gasteiger partial charge >= 0.3 is 0 Å². The fourth-order valence-electron chi connectivity index (χ4n) is 2.23. The van der Waals surface area contributed by atoms with E-state index in [1.165, 1.54) is 23.9 Å². The second kappa shape index (κ2) is 6.91. The Balaban J connectivity index is 1.54. The molecule has 0 radical (unpaired) electrons. The van der Waals surface area contributed by atoms with Crippen LogP contribution >= 0.6 is 11.8 Å². The van der Waals surface area contributed by atoms with Crippen LogP contribution < -0.4 is 14.8 Å². The Morgan fingerprint density at radius 2 is 1.96 bits per heavy atom. The number of hydrogen-bond acceptors (Lipinski definition) is 4. The maximum absolute atomic E-state index is 12.8. The maximum atomic E-state index is 12.8. The molecule has 0 unspecified atom stereocenters. The molecule has 4 nitrogen and oxygen atoms in total. The number of thioether (sulfide) groups is 1. The van der Waals surface area contributed by atoms with Crippen LogP contribution in [0.3, 0.4) is 0 Å². The molecule has 1 atom stereocenters. The summed E-state index contributed by atoms with van der Waals surface area (Å²) < 4.78 is 23.4. The number of rotatable bonds is 5. The van der Waals surface area contributed by atoms with Gasteiger partial charge in [-0.2, -0.15) is 0 Å². The second-order valence-corrected chi connectivity index (χ2v) is 6.19. The number of carbonyl (C=O) groups is 1. The van der Waals surface area contributed by atoms with Crippen molar-refractivity contribution in [3.05, 3.63) is 53.8 Å². The van der Waals surface area contributed by atoms with E-state index in [4.69, 9.17) is 9.47 Å². The van der Waals surface area contributed by atoms with Crippen LogP contribution in [-0.4, -0.2) is 18.5 Å². The molecule has 1 aliphatic rings. The first-order valence-electron chi connectivity index (χ1n) is 7.19.